The molecule has 0 N–H and O–H groups in total. The number of para-hydroxylation sites is 8. The predicted octanol–water partition coefficient (Wildman–Crippen LogP) is 14.5. The largest absolute Gasteiger partial charge is 0.317 e. The van der Waals surface area contributed by atoms with Crippen LogP contribution in [-0.2, 0) is 0 Å². The van der Waals surface area contributed by atoms with Gasteiger partial charge in [0.25, 0.3) is 0 Å². The number of benzene rings is 9. The van der Waals surface area contributed by atoms with E-state index >= 15 is 0 Å². The molecule has 0 saturated heterocycles. The Morgan fingerprint density at radius 3 is 0.758 bits per heavy atom. The Labute approximate surface area is 355 Å². The smallest absolute Gasteiger partial charge is 0.232 e. The van der Waals surface area contributed by atoms with Gasteiger partial charge in [0.2, 0.25) is 5.69 Å². The van der Waals surface area contributed by atoms with E-state index in [2.05, 4.69) is 223 Å². The zero-order valence-electron chi connectivity index (χ0n) is 33.2. The molecule has 0 atom stereocenters. The second-order valence-corrected chi connectivity index (χ2v) is 15.8. The third kappa shape index (κ3) is 4.39. The summed E-state index contributed by atoms with van der Waals surface area (Å²) in [4.78, 5) is 4.49. The van der Waals surface area contributed by atoms with Crippen LogP contribution in [0, 0.1) is 17.9 Å². The summed E-state index contributed by atoms with van der Waals surface area (Å²) in [6.07, 6.45) is 0. The zero-order chi connectivity index (χ0) is 41.1. The van der Waals surface area contributed by atoms with Crippen LogP contribution < -0.4 is 0 Å². The molecule has 4 heterocycles. The van der Waals surface area contributed by atoms with Crippen molar-refractivity contribution in [3.63, 3.8) is 0 Å². The molecule has 0 aliphatic rings. The molecule has 0 aliphatic carbocycles. The molecule has 13 rings (SSSR count). The lowest BCUT2D eigenvalue weighted by atomic mass is 10.0. The van der Waals surface area contributed by atoms with Gasteiger partial charge in [-0.25, -0.2) is 4.85 Å². The van der Waals surface area contributed by atoms with Crippen molar-refractivity contribution in [3.8, 4) is 28.8 Å². The maximum atomic E-state index is 11.9. The first-order chi connectivity index (χ1) is 30.8. The highest BCUT2D eigenvalue weighted by Crippen LogP contribution is 2.51. The van der Waals surface area contributed by atoms with Gasteiger partial charge < -0.3 is 18.3 Å². The summed E-state index contributed by atoms with van der Waals surface area (Å²) in [5.74, 6) is 0. The molecule has 0 unspecified atom stereocenters. The Bertz CT molecular complexity index is 3660. The van der Waals surface area contributed by atoms with Crippen molar-refractivity contribution in [1.29, 1.82) is 5.26 Å². The van der Waals surface area contributed by atoms with E-state index in [1.165, 1.54) is 0 Å². The normalized spacial score (nSPS) is 11.8. The first-order valence-corrected chi connectivity index (χ1v) is 20.7. The van der Waals surface area contributed by atoms with Gasteiger partial charge in [0.1, 0.15) is 0 Å². The first-order valence-electron chi connectivity index (χ1n) is 20.7. The quantitative estimate of drug-likeness (QED) is 0.164. The number of aromatic nitrogens is 4. The average Bonchev–Trinajstić information content (AvgIpc) is 4.06. The molecular formula is C56H32N6. The highest BCUT2D eigenvalue weighted by Gasteiger charge is 2.34. The minimum atomic E-state index is 0.275. The Morgan fingerprint density at radius 2 is 0.516 bits per heavy atom. The lowest BCUT2D eigenvalue weighted by molar-refractivity contribution is 1.02. The van der Waals surface area contributed by atoms with E-state index in [1.54, 1.807) is 0 Å². The SMILES string of the molecule is [C-]#[N+]c1c(C#N)c(-n2c3ccccc3c3ccccc32)c(-n2c3ccccc3c3ccccc32)c(-n2c3ccccc3c3ccccc32)c1-n1c2ccccc2c2ccccc21. The van der Waals surface area contributed by atoms with E-state index in [0.717, 1.165) is 98.6 Å². The fourth-order valence-electron chi connectivity index (χ4n) is 10.4. The zero-order valence-corrected chi connectivity index (χ0v) is 33.2. The van der Waals surface area contributed by atoms with Crippen LogP contribution in [0.2, 0.25) is 0 Å². The van der Waals surface area contributed by atoms with Crippen molar-refractivity contribution in [2.75, 3.05) is 0 Å². The summed E-state index contributed by atoms with van der Waals surface area (Å²) in [5.41, 5.74) is 11.2. The second kappa shape index (κ2) is 12.8. The van der Waals surface area contributed by atoms with Crippen LogP contribution in [0.4, 0.5) is 5.69 Å². The minimum absolute atomic E-state index is 0.275. The van der Waals surface area contributed by atoms with Gasteiger partial charge in [-0.05, 0) is 48.5 Å². The van der Waals surface area contributed by atoms with E-state index in [0.29, 0.717) is 16.9 Å². The molecule has 62 heavy (non-hydrogen) atoms. The van der Waals surface area contributed by atoms with Gasteiger partial charge in [-0.2, -0.15) is 5.26 Å². The minimum Gasteiger partial charge on any atom is -0.317 e. The van der Waals surface area contributed by atoms with Gasteiger partial charge in [0.15, 0.2) is 0 Å². The summed E-state index contributed by atoms with van der Waals surface area (Å²) >= 11 is 0. The lowest BCUT2D eigenvalue weighted by Gasteiger charge is -2.28. The molecule has 13 aromatic rings. The average molecular weight is 789 g/mol. The number of fused-ring (bicyclic) bond motifs is 12. The van der Waals surface area contributed by atoms with Gasteiger partial charge >= 0.3 is 0 Å². The van der Waals surface area contributed by atoms with Crippen LogP contribution in [0.3, 0.4) is 0 Å². The molecule has 0 radical (unpaired) electrons. The van der Waals surface area contributed by atoms with Gasteiger partial charge in [-0.1, -0.05) is 146 Å². The number of rotatable bonds is 4. The molecule has 6 heteroatoms. The maximum absolute atomic E-state index is 11.9. The molecule has 6 nitrogen and oxygen atoms in total. The van der Waals surface area contributed by atoms with Crippen LogP contribution in [0.25, 0.3) is 115 Å². The molecule has 286 valence electrons. The molecule has 0 spiro atoms. The Hall–Kier alpha value is -8.84. The van der Waals surface area contributed by atoms with Crippen LogP contribution in [-0.4, -0.2) is 18.3 Å². The third-order valence-electron chi connectivity index (χ3n) is 12.8. The van der Waals surface area contributed by atoms with Crippen molar-refractivity contribution < 1.29 is 0 Å². The van der Waals surface area contributed by atoms with Crippen LogP contribution >= 0.6 is 0 Å². The number of nitrogens with zero attached hydrogens (tertiary/aromatic N) is 6. The summed E-state index contributed by atoms with van der Waals surface area (Å²) in [5, 5.41) is 20.5. The summed E-state index contributed by atoms with van der Waals surface area (Å²) < 4.78 is 9.19. The van der Waals surface area contributed by atoms with E-state index in [4.69, 9.17) is 0 Å². The van der Waals surface area contributed by atoms with Crippen molar-refractivity contribution in [2.24, 2.45) is 0 Å². The van der Waals surface area contributed by atoms with E-state index in [9.17, 15) is 11.8 Å². The van der Waals surface area contributed by atoms with Gasteiger partial charge in [0.05, 0.1) is 85.1 Å². The Balaban J connectivity index is 1.41. The highest BCUT2D eigenvalue weighted by atomic mass is 15.1. The Kier molecular flexibility index (Phi) is 7.05. The van der Waals surface area contributed by atoms with E-state index < -0.39 is 0 Å². The fourth-order valence-corrected chi connectivity index (χ4v) is 10.4. The van der Waals surface area contributed by atoms with Gasteiger partial charge in [0, 0.05) is 43.1 Å². The van der Waals surface area contributed by atoms with Crippen LogP contribution in [0.1, 0.15) is 5.56 Å². The summed E-state index contributed by atoms with van der Waals surface area (Å²) in [6.45, 7) is 9.29. The summed E-state index contributed by atoms with van der Waals surface area (Å²) in [6, 6.07) is 70.5. The monoisotopic (exact) mass is 788 g/mol. The van der Waals surface area contributed by atoms with Crippen LogP contribution in [0.15, 0.2) is 194 Å². The topological polar surface area (TPSA) is 47.9 Å². The molecular weight excluding hydrogens is 757 g/mol. The van der Waals surface area contributed by atoms with Gasteiger partial charge in [-0.15, -0.1) is 0 Å². The fraction of sp³-hybridized carbons (Fsp3) is 0. The lowest BCUT2D eigenvalue weighted by Crippen LogP contribution is -2.15. The third-order valence-corrected chi connectivity index (χ3v) is 12.8. The molecule has 4 aromatic heterocycles. The highest BCUT2D eigenvalue weighted by molar-refractivity contribution is 6.17. The Morgan fingerprint density at radius 1 is 0.306 bits per heavy atom. The standard InChI is InChI=1S/C56H32N6/c1-58-52-43(34-57)53(59-44-26-10-2-18-35(44)36-19-3-11-27-45(36)59)55(61-48-30-14-6-22-39(48)40-23-7-15-31-49(40)61)56(62-50-32-16-8-24-41(50)42-25-9-17-33-51(42)62)54(52)60-46-28-12-4-20-37(46)38-21-5-13-29-47(38)60/h2-33H. The van der Waals surface area contributed by atoms with Crippen molar-refractivity contribution in [2.45, 2.75) is 0 Å². The molecule has 0 saturated carbocycles. The molecule has 0 bridgehead atoms. The van der Waals surface area contributed by atoms with Gasteiger partial charge in [-0.3, -0.25) is 0 Å². The second-order valence-electron chi connectivity index (χ2n) is 15.8. The van der Waals surface area contributed by atoms with Crippen LogP contribution in [0.5, 0.6) is 0 Å². The molecule has 0 aliphatic heterocycles. The number of hydrogen-bond acceptors (Lipinski definition) is 1. The summed E-state index contributed by atoms with van der Waals surface area (Å²) in [7, 11) is 0. The predicted molar refractivity (Wildman–Crippen MR) is 255 cm³/mol. The molecule has 0 fully saturated rings. The van der Waals surface area contributed by atoms with Crippen molar-refractivity contribution in [1.82, 2.24) is 18.3 Å². The first kappa shape index (κ1) is 34.1. The number of hydrogen-bond donors (Lipinski definition) is 0. The van der Waals surface area contributed by atoms with E-state index in [-0.39, 0.29) is 5.69 Å². The molecule has 0 amide bonds. The maximum Gasteiger partial charge on any atom is 0.232 e. The number of nitriles is 1. The van der Waals surface area contributed by atoms with Crippen molar-refractivity contribution >= 4 is 92.9 Å². The van der Waals surface area contributed by atoms with E-state index in [1.807, 2.05) is 0 Å². The molecule has 9 aromatic carbocycles. The van der Waals surface area contributed by atoms with Crippen molar-refractivity contribution in [3.05, 3.63) is 211 Å².